The molecule has 0 atom stereocenters. The molecule has 0 aliphatic heterocycles. The van der Waals surface area contributed by atoms with E-state index in [0.717, 1.165) is 0 Å². The molecule has 0 N–H and O–H groups in total. The second-order valence-corrected chi connectivity index (χ2v) is 8.33. The Morgan fingerprint density at radius 1 is 0.323 bits per heavy atom. The second-order valence-electron chi connectivity index (χ2n) is 8.33. The highest BCUT2D eigenvalue weighted by Gasteiger charge is 2.01. The molecule has 0 fully saturated rings. The van der Waals surface area contributed by atoms with Crippen molar-refractivity contribution in [3.05, 3.63) is 118 Å². The van der Waals surface area contributed by atoms with Gasteiger partial charge in [0.2, 0.25) is 0 Å². The summed E-state index contributed by atoms with van der Waals surface area (Å²) in [5.74, 6) is 0. The Kier molecular flexibility index (Phi) is 8.39. The van der Waals surface area contributed by atoms with E-state index in [1.54, 1.807) is 0 Å². The highest BCUT2D eigenvalue weighted by molar-refractivity contribution is 5.66. The zero-order valence-electron chi connectivity index (χ0n) is 19.1. The van der Waals surface area contributed by atoms with Gasteiger partial charge in [0.15, 0.2) is 0 Å². The van der Waals surface area contributed by atoms with Gasteiger partial charge in [-0.05, 0) is 86.1 Å². The summed E-state index contributed by atoms with van der Waals surface area (Å²) in [4.78, 5) is 0. The van der Waals surface area contributed by atoms with Crippen LogP contribution in [0.4, 0.5) is 0 Å². The van der Waals surface area contributed by atoms with E-state index in [-0.39, 0.29) is 7.43 Å². The first-order chi connectivity index (χ1) is 14.3. The molecule has 0 unspecified atom stereocenters. The van der Waals surface area contributed by atoms with Crippen LogP contribution in [-0.4, -0.2) is 0 Å². The van der Waals surface area contributed by atoms with Crippen LogP contribution in [-0.2, 0) is 0 Å². The lowest BCUT2D eigenvalue weighted by molar-refractivity contribution is 1.32. The summed E-state index contributed by atoms with van der Waals surface area (Å²) in [5, 5.41) is 0. The summed E-state index contributed by atoms with van der Waals surface area (Å²) in [7, 11) is 0. The molecule has 0 bridgehead atoms. The maximum Gasteiger partial charge on any atom is -0.0181 e. The van der Waals surface area contributed by atoms with Crippen LogP contribution in [0.25, 0.3) is 22.3 Å². The van der Waals surface area contributed by atoms with E-state index in [9.17, 15) is 0 Å². The van der Waals surface area contributed by atoms with Crippen LogP contribution in [0.1, 0.15) is 40.8 Å². The fourth-order valence-electron chi connectivity index (χ4n) is 3.33. The highest BCUT2D eigenvalue weighted by Crippen LogP contribution is 2.24. The molecule has 0 radical (unpaired) electrons. The molecule has 31 heavy (non-hydrogen) atoms. The van der Waals surface area contributed by atoms with E-state index < -0.39 is 0 Å². The van der Waals surface area contributed by atoms with Gasteiger partial charge in [-0.2, -0.15) is 0 Å². The van der Waals surface area contributed by atoms with E-state index in [1.165, 1.54) is 55.6 Å². The number of aryl methyl sites for hydroxylation is 6. The van der Waals surface area contributed by atoms with E-state index in [0.29, 0.717) is 0 Å². The fraction of sp³-hybridized carbons (Fsp3) is 0.226. The standard InChI is InChI=1S/C16H18.C14H14.CH4/c1-11-5-7-15(9-13(11)3)16-8-6-12(2)14(4)10-16;1-11-3-7-13(8-4-11)14-9-5-12(2)6-10-14;/h5-10H,1-4H3;3-10H,1-2H3;1H4. The maximum atomic E-state index is 2.26. The van der Waals surface area contributed by atoms with Gasteiger partial charge in [0.1, 0.15) is 0 Å². The number of hydrogen-bond donors (Lipinski definition) is 0. The third kappa shape index (κ3) is 6.43. The summed E-state index contributed by atoms with van der Waals surface area (Å²) >= 11 is 0. The zero-order chi connectivity index (χ0) is 21.7. The molecule has 0 nitrogen and oxygen atoms in total. The van der Waals surface area contributed by atoms with Gasteiger partial charge in [-0.25, -0.2) is 0 Å². The molecule has 4 rings (SSSR count). The monoisotopic (exact) mass is 408 g/mol. The van der Waals surface area contributed by atoms with Crippen molar-refractivity contribution >= 4 is 0 Å². The molecule has 0 aliphatic carbocycles. The molecule has 0 aliphatic rings. The topological polar surface area (TPSA) is 0 Å². The van der Waals surface area contributed by atoms with Gasteiger partial charge >= 0.3 is 0 Å². The minimum atomic E-state index is 0. The molecule has 0 heterocycles. The zero-order valence-corrected chi connectivity index (χ0v) is 19.1. The minimum absolute atomic E-state index is 0. The largest absolute Gasteiger partial charge is 0.0776 e. The van der Waals surface area contributed by atoms with Crippen molar-refractivity contribution < 1.29 is 0 Å². The van der Waals surface area contributed by atoms with Crippen LogP contribution in [0.3, 0.4) is 0 Å². The lowest BCUT2D eigenvalue weighted by Crippen LogP contribution is -1.86. The van der Waals surface area contributed by atoms with Crippen molar-refractivity contribution in [2.45, 2.75) is 49.0 Å². The Morgan fingerprint density at radius 2 is 0.613 bits per heavy atom. The minimum Gasteiger partial charge on any atom is -0.0776 e. The van der Waals surface area contributed by atoms with Crippen LogP contribution in [0.15, 0.2) is 84.9 Å². The molecular weight excluding hydrogens is 372 g/mol. The first-order valence-electron chi connectivity index (χ1n) is 10.6. The Morgan fingerprint density at radius 3 is 0.903 bits per heavy atom. The molecule has 160 valence electrons. The Labute approximate surface area is 189 Å². The summed E-state index contributed by atoms with van der Waals surface area (Å²) in [5.41, 5.74) is 13.2. The highest BCUT2D eigenvalue weighted by atomic mass is 14.1. The molecule has 0 amide bonds. The van der Waals surface area contributed by atoms with Crippen molar-refractivity contribution in [1.29, 1.82) is 0 Å². The number of rotatable bonds is 2. The lowest BCUT2D eigenvalue weighted by atomic mass is 9.98. The van der Waals surface area contributed by atoms with Gasteiger partial charge in [0.05, 0.1) is 0 Å². The molecule has 0 saturated heterocycles. The molecule has 4 aromatic rings. The predicted octanol–water partition coefficient (Wildman–Crippen LogP) is 9.19. The molecule has 0 spiro atoms. The Bertz CT molecular complexity index is 1020. The van der Waals surface area contributed by atoms with Gasteiger partial charge in [0, 0.05) is 0 Å². The summed E-state index contributed by atoms with van der Waals surface area (Å²) < 4.78 is 0. The molecular formula is C31H36. The summed E-state index contributed by atoms with van der Waals surface area (Å²) in [6, 6.07) is 30.6. The van der Waals surface area contributed by atoms with E-state index in [2.05, 4.69) is 126 Å². The SMILES string of the molecule is C.Cc1ccc(-c2ccc(C)c(C)c2)cc1C.Cc1ccc(-c2ccc(C)cc2)cc1. The van der Waals surface area contributed by atoms with Gasteiger partial charge < -0.3 is 0 Å². The van der Waals surface area contributed by atoms with Crippen LogP contribution in [0.2, 0.25) is 0 Å². The van der Waals surface area contributed by atoms with Gasteiger partial charge in [-0.15, -0.1) is 0 Å². The second kappa shape index (κ2) is 10.8. The molecule has 0 heteroatoms. The number of hydrogen-bond acceptors (Lipinski definition) is 0. The Balaban J connectivity index is 0.000000215. The van der Waals surface area contributed by atoms with Crippen LogP contribution >= 0.6 is 0 Å². The average molecular weight is 409 g/mol. The van der Waals surface area contributed by atoms with E-state index in [1.807, 2.05) is 0 Å². The van der Waals surface area contributed by atoms with Crippen LogP contribution in [0, 0.1) is 41.5 Å². The summed E-state index contributed by atoms with van der Waals surface area (Å²) in [6.07, 6.45) is 0. The van der Waals surface area contributed by atoms with Crippen LogP contribution in [0.5, 0.6) is 0 Å². The molecule has 0 aromatic heterocycles. The lowest BCUT2D eigenvalue weighted by Gasteiger charge is -2.08. The van der Waals surface area contributed by atoms with Gasteiger partial charge in [-0.1, -0.05) is 103 Å². The smallest absolute Gasteiger partial charge is 0.0181 e. The Hall–Kier alpha value is -3.12. The van der Waals surface area contributed by atoms with Crippen LogP contribution < -0.4 is 0 Å². The van der Waals surface area contributed by atoms with Crippen molar-refractivity contribution in [2.24, 2.45) is 0 Å². The summed E-state index contributed by atoms with van der Waals surface area (Å²) in [6.45, 7) is 12.9. The van der Waals surface area contributed by atoms with Gasteiger partial charge in [0.25, 0.3) is 0 Å². The van der Waals surface area contributed by atoms with E-state index in [4.69, 9.17) is 0 Å². The third-order valence-corrected chi connectivity index (χ3v) is 5.78. The third-order valence-electron chi connectivity index (χ3n) is 5.78. The normalized spacial score (nSPS) is 10.0. The first kappa shape index (κ1) is 24.2. The van der Waals surface area contributed by atoms with Gasteiger partial charge in [-0.3, -0.25) is 0 Å². The predicted molar refractivity (Wildman–Crippen MR) is 139 cm³/mol. The fourth-order valence-corrected chi connectivity index (χ4v) is 3.33. The van der Waals surface area contributed by atoms with Crippen molar-refractivity contribution in [3.63, 3.8) is 0 Å². The molecule has 0 saturated carbocycles. The molecule has 4 aromatic carbocycles. The maximum absolute atomic E-state index is 2.26. The van der Waals surface area contributed by atoms with Crippen molar-refractivity contribution in [2.75, 3.05) is 0 Å². The quantitative estimate of drug-likeness (QED) is 0.310. The van der Waals surface area contributed by atoms with E-state index >= 15 is 0 Å². The first-order valence-corrected chi connectivity index (χ1v) is 10.6. The average Bonchev–Trinajstić information content (AvgIpc) is 2.74. The van der Waals surface area contributed by atoms with Crippen molar-refractivity contribution in [1.82, 2.24) is 0 Å². The van der Waals surface area contributed by atoms with Crippen molar-refractivity contribution in [3.8, 4) is 22.3 Å². The number of benzene rings is 4.